The van der Waals surface area contributed by atoms with E-state index in [1.807, 2.05) is 66.7 Å². The van der Waals surface area contributed by atoms with Gasteiger partial charge in [0.15, 0.2) is 0 Å². The zero-order valence-electron chi connectivity index (χ0n) is 22.2. The molecule has 4 aromatic rings. The molecule has 2 N–H and O–H groups in total. The van der Waals surface area contributed by atoms with Crippen molar-refractivity contribution < 1.29 is 19.4 Å². The predicted octanol–water partition coefficient (Wildman–Crippen LogP) is 7.06. The number of rotatable bonds is 7. The highest BCUT2D eigenvalue weighted by Gasteiger charge is 2.22. The molecule has 1 amide bonds. The topological polar surface area (TPSA) is 75.6 Å². The SMILES string of the molecule is COC(=O)CC(NC(=O)c1cc(-c2ccc(C(C)(C)C)cc2)ccc1O)c1ccc(-c2ccccc2)cc1. The fourth-order valence-electron chi connectivity index (χ4n) is 4.34. The highest BCUT2D eigenvalue weighted by molar-refractivity contribution is 5.98. The third-order valence-electron chi connectivity index (χ3n) is 6.65. The van der Waals surface area contributed by atoms with Crippen molar-refractivity contribution in [1.82, 2.24) is 5.32 Å². The van der Waals surface area contributed by atoms with Crippen molar-refractivity contribution in [2.75, 3.05) is 7.11 Å². The molecular formula is C33H33NO4. The van der Waals surface area contributed by atoms with Crippen molar-refractivity contribution >= 4 is 11.9 Å². The minimum atomic E-state index is -0.631. The molecule has 1 atom stereocenters. The van der Waals surface area contributed by atoms with E-state index in [0.717, 1.165) is 27.8 Å². The Balaban J connectivity index is 1.59. The summed E-state index contributed by atoms with van der Waals surface area (Å²) in [5.41, 5.74) is 5.99. The third kappa shape index (κ3) is 6.30. The summed E-state index contributed by atoms with van der Waals surface area (Å²) < 4.78 is 4.88. The van der Waals surface area contributed by atoms with Gasteiger partial charge in [0.1, 0.15) is 5.75 Å². The van der Waals surface area contributed by atoms with Crippen LogP contribution < -0.4 is 5.32 Å². The molecule has 5 heteroatoms. The molecule has 0 aromatic heterocycles. The van der Waals surface area contributed by atoms with Crippen LogP contribution >= 0.6 is 0 Å². The number of methoxy groups -OCH3 is 1. The van der Waals surface area contributed by atoms with Gasteiger partial charge in [-0.2, -0.15) is 0 Å². The molecule has 4 rings (SSSR count). The van der Waals surface area contributed by atoms with E-state index in [-0.39, 0.29) is 23.1 Å². The highest BCUT2D eigenvalue weighted by Crippen LogP contribution is 2.30. The maximum atomic E-state index is 13.4. The molecule has 4 aromatic carbocycles. The summed E-state index contributed by atoms with van der Waals surface area (Å²) in [7, 11) is 1.32. The number of phenols is 1. The van der Waals surface area contributed by atoms with Crippen molar-refractivity contribution in [2.24, 2.45) is 0 Å². The second-order valence-corrected chi connectivity index (χ2v) is 10.4. The number of aromatic hydroxyl groups is 1. The summed E-state index contributed by atoms with van der Waals surface area (Å²) >= 11 is 0. The average molecular weight is 508 g/mol. The van der Waals surface area contributed by atoms with Crippen LogP contribution in [0, 0.1) is 0 Å². The fourth-order valence-corrected chi connectivity index (χ4v) is 4.34. The number of carbonyl (C=O) groups is 2. The summed E-state index contributed by atoms with van der Waals surface area (Å²) in [6, 6.07) is 30.2. The lowest BCUT2D eigenvalue weighted by Gasteiger charge is -2.20. The second-order valence-electron chi connectivity index (χ2n) is 10.4. The molecule has 0 aliphatic rings. The smallest absolute Gasteiger partial charge is 0.307 e. The van der Waals surface area contributed by atoms with E-state index in [2.05, 4.69) is 38.2 Å². The number of carbonyl (C=O) groups excluding carboxylic acids is 2. The first-order valence-corrected chi connectivity index (χ1v) is 12.6. The lowest BCUT2D eigenvalue weighted by molar-refractivity contribution is -0.141. The molecule has 1 unspecified atom stereocenters. The number of amides is 1. The van der Waals surface area contributed by atoms with E-state index >= 15 is 0 Å². The van der Waals surface area contributed by atoms with Gasteiger partial charge in [-0.15, -0.1) is 0 Å². The van der Waals surface area contributed by atoms with Crippen LogP contribution in [0.25, 0.3) is 22.3 Å². The van der Waals surface area contributed by atoms with Crippen LogP contribution in [-0.4, -0.2) is 24.1 Å². The summed E-state index contributed by atoms with van der Waals surface area (Å²) in [6.07, 6.45) is -0.0400. The first-order chi connectivity index (χ1) is 18.2. The quantitative estimate of drug-likeness (QED) is 0.263. The molecule has 0 aliphatic carbocycles. The Morgan fingerprint density at radius 3 is 1.95 bits per heavy atom. The normalized spacial score (nSPS) is 12.0. The van der Waals surface area contributed by atoms with Crippen LogP contribution in [0.15, 0.2) is 97.1 Å². The minimum absolute atomic E-state index is 0.0342. The summed E-state index contributed by atoms with van der Waals surface area (Å²) in [5, 5.41) is 13.4. The van der Waals surface area contributed by atoms with Crippen LogP contribution in [0.2, 0.25) is 0 Å². The first-order valence-electron chi connectivity index (χ1n) is 12.6. The van der Waals surface area contributed by atoms with E-state index < -0.39 is 17.9 Å². The molecule has 0 aliphatic heterocycles. The van der Waals surface area contributed by atoms with E-state index in [4.69, 9.17) is 4.74 Å². The molecule has 0 saturated carbocycles. The second kappa shape index (κ2) is 11.3. The molecule has 0 radical (unpaired) electrons. The molecule has 38 heavy (non-hydrogen) atoms. The summed E-state index contributed by atoms with van der Waals surface area (Å²) in [6.45, 7) is 6.47. The van der Waals surface area contributed by atoms with Gasteiger partial charge < -0.3 is 15.2 Å². The van der Waals surface area contributed by atoms with E-state index in [0.29, 0.717) is 0 Å². The third-order valence-corrected chi connectivity index (χ3v) is 6.65. The molecule has 194 valence electrons. The van der Waals surface area contributed by atoms with Crippen LogP contribution in [0.4, 0.5) is 0 Å². The highest BCUT2D eigenvalue weighted by atomic mass is 16.5. The molecule has 0 bridgehead atoms. The Hall–Kier alpha value is -4.38. The number of nitrogens with one attached hydrogen (secondary N) is 1. The lowest BCUT2D eigenvalue weighted by atomic mass is 9.86. The van der Waals surface area contributed by atoms with Gasteiger partial charge in [0, 0.05) is 0 Å². The van der Waals surface area contributed by atoms with Crippen molar-refractivity contribution in [3.63, 3.8) is 0 Å². The largest absolute Gasteiger partial charge is 0.507 e. The monoisotopic (exact) mass is 507 g/mol. The van der Waals surface area contributed by atoms with Crippen molar-refractivity contribution in [3.8, 4) is 28.0 Å². The zero-order chi connectivity index (χ0) is 27.3. The van der Waals surface area contributed by atoms with Gasteiger partial charge in [-0.25, -0.2) is 0 Å². The molecule has 5 nitrogen and oxygen atoms in total. The fraction of sp³-hybridized carbons (Fsp3) is 0.212. The van der Waals surface area contributed by atoms with Crippen LogP contribution in [0.1, 0.15) is 54.7 Å². The van der Waals surface area contributed by atoms with Crippen molar-refractivity contribution in [1.29, 1.82) is 0 Å². The Labute approximate surface area is 224 Å². The Morgan fingerprint density at radius 1 is 0.789 bits per heavy atom. The van der Waals surface area contributed by atoms with Gasteiger partial charge in [-0.3, -0.25) is 9.59 Å². The van der Waals surface area contributed by atoms with Crippen LogP contribution in [-0.2, 0) is 14.9 Å². The number of ether oxygens (including phenoxy) is 1. The lowest BCUT2D eigenvalue weighted by Crippen LogP contribution is -2.30. The van der Waals surface area contributed by atoms with Gasteiger partial charge in [0.2, 0.25) is 0 Å². The van der Waals surface area contributed by atoms with E-state index in [1.54, 1.807) is 12.1 Å². The predicted molar refractivity (Wildman–Crippen MR) is 151 cm³/mol. The van der Waals surface area contributed by atoms with Crippen molar-refractivity contribution in [2.45, 2.75) is 38.6 Å². The Morgan fingerprint density at radius 2 is 1.34 bits per heavy atom. The van der Waals surface area contributed by atoms with E-state index in [1.165, 1.54) is 18.7 Å². The van der Waals surface area contributed by atoms with Gasteiger partial charge >= 0.3 is 5.97 Å². The first kappa shape index (κ1) is 26.7. The maximum absolute atomic E-state index is 13.4. The number of phenolic OH excluding ortho intramolecular Hbond substituents is 1. The molecule has 0 heterocycles. The molecular weight excluding hydrogens is 474 g/mol. The molecule has 0 saturated heterocycles. The Kier molecular flexibility index (Phi) is 7.96. The molecule has 0 spiro atoms. The number of hydrogen-bond acceptors (Lipinski definition) is 4. The van der Waals surface area contributed by atoms with E-state index in [9.17, 15) is 14.7 Å². The number of benzene rings is 4. The van der Waals surface area contributed by atoms with Gasteiger partial charge in [0.05, 0.1) is 25.1 Å². The van der Waals surface area contributed by atoms with Crippen LogP contribution in [0.3, 0.4) is 0 Å². The Bertz CT molecular complexity index is 1400. The van der Waals surface area contributed by atoms with Gasteiger partial charge in [-0.05, 0) is 50.9 Å². The maximum Gasteiger partial charge on any atom is 0.307 e. The standard InChI is InChI=1S/C33H33NO4/c1-33(2,3)27-17-14-24(15-18-27)26-16-19-30(35)28(20-26)32(37)34-29(21-31(36)38-4)25-12-10-23(11-13-25)22-8-6-5-7-9-22/h5-20,29,35H,21H2,1-4H3,(H,34,37). The molecule has 0 fully saturated rings. The summed E-state index contributed by atoms with van der Waals surface area (Å²) in [5.74, 6) is -1.05. The average Bonchev–Trinajstić information content (AvgIpc) is 2.93. The van der Waals surface area contributed by atoms with Crippen LogP contribution in [0.5, 0.6) is 5.75 Å². The van der Waals surface area contributed by atoms with Gasteiger partial charge in [0.25, 0.3) is 5.91 Å². The van der Waals surface area contributed by atoms with Crippen molar-refractivity contribution in [3.05, 3.63) is 114 Å². The summed E-state index contributed by atoms with van der Waals surface area (Å²) in [4.78, 5) is 25.5. The zero-order valence-corrected chi connectivity index (χ0v) is 22.2. The number of esters is 1. The minimum Gasteiger partial charge on any atom is -0.507 e. The number of hydrogen-bond donors (Lipinski definition) is 2. The van der Waals surface area contributed by atoms with Gasteiger partial charge in [-0.1, -0.05) is 106 Å².